The van der Waals surface area contributed by atoms with Crippen LogP contribution >= 0.6 is 0 Å². The molecule has 0 atom stereocenters. The highest BCUT2D eigenvalue weighted by Crippen LogP contribution is 2.22. The summed E-state index contributed by atoms with van der Waals surface area (Å²) in [5, 5.41) is 0. The molecule has 164 valence electrons. The second kappa shape index (κ2) is 10.8. The van der Waals surface area contributed by atoms with E-state index in [0.29, 0.717) is 16.9 Å². The number of ether oxygens (including phenoxy) is 2. The minimum Gasteiger partial charge on any atom is -0.459 e. The van der Waals surface area contributed by atoms with Crippen molar-refractivity contribution in [2.45, 2.75) is 51.0 Å². The third-order valence-corrected chi connectivity index (χ3v) is 5.86. The molecule has 3 aromatic rings. The molecule has 0 unspecified atom stereocenters. The maximum atomic E-state index is 12.5. The average Bonchev–Trinajstić information content (AvgIpc) is 2.85. The Kier molecular flexibility index (Phi) is 7.34. The summed E-state index contributed by atoms with van der Waals surface area (Å²) in [6.07, 6.45) is 7.20. The molecule has 0 N–H and O–H groups in total. The molecule has 1 aliphatic carbocycles. The molecule has 0 spiro atoms. The van der Waals surface area contributed by atoms with Crippen LogP contribution < -0.4 is 4.74 Å². The maximum absolute atomic E-state index is 12.5. The number of hydrogen-bond donors (Lipinski definition) is 0. The molecular weight excluding hydrogens is 400 g/mol. The highest BCUT2D eigenvalue weighted by Gasteiger charge is 2.19. The van der Waals surface area contributed by atoms with E-state index in [-0.39, 0.29) is 12.1 Å². The van der Waals surface area contributed by atoms with Crippen LogP contribution in [-0.4, -0.2) is 18.0 Å². The quantitative estimate of drug-likeness (QED) is 0.333. The van der Waals surface area contributed by atoms with Gasteiger partial charge < -0.3 is 9.47 Å². The van der Waals surface area contributed by atoms with E-state index in [0.717, 1.165) is 38.5 Å². The normalized spacial score (nSPS) is 14.0. The molecule has 32 heavy (non-hydrogen) atoms. The molecule has 0 radical (unpaired) electrons. The molecule has 1 aliphatic rings. The van der Waals surface area contributed by atoms with Crippen LogP contribution in [0.1, 0.15) is 63.9 Å². The lowest BCUT2D eigenvalue weighted by molar-refractivity contribution is 0.0211. The van der Waals surface area contributed by atoms with Gasteiger partial charge in [0.25, 0.3) is 0 Å². The average molecular weight is 429 g/mol. The van der Waals surface area contributed by atoms with Gasteiger partial charge in [-0.3, -0.25) is 0 Å². The Hall–Kier alpha value is -3.40. The number of hydrogen-bond acceptors (Lipinski definition) is 4. The molecule has 0 bridgehead atoms. The summed E-state index contributed by atoms with van der Waals surface area (Å²) < 4.78 is 11.0. The van der Waals surface area contributed by atoms with Crippen molar-refractivity contribution in [3.05, 3.63) is 101 Å². The molecule has 0 saturated heterocycles. The van der Waals surface area contributed by atoms with Crippen molar-refractivity contribution in [3.63, 3.8) is 0 Å². The van der Waals surface area contributed by atoms with Gasteiger partial charge in [0.05, 0.1) is 11.1 Å². The van der Waals surface area contributed by atoms with Crippen molar-refractivity contribution in [1.82, 2.24) is 0 Å². The predicted molar refractivity (Wildman–Crippen MR) is 124 cm³/mol. The van der Waals surface area contributed by atoms with Crippen LogP contribution in [0.5, 0.6) is 5.75 Å². The topological polar surface area (TPSA) is 52.6 Å². The maximum Gasteiger partial charge on any atom is 0.343 e. The highest BCUT2D eigenvalue weighted by molar-refractivity contribution is 5.92. The standard InChI is InChI=1S/C28H28O4/c29-27(23-15-13-22(14-16-23)12-11-21-7-3-1-4-8-21)32-26-19-17-24(18-20-26)28(30)31-25-9-5-2-6-10-25/h1,3-4,7-8,13-20,25H,2,5-6,9-12H2. The Labute approximate surface area is 189 Å². The van der Waals surface area contributed by atoms with Crippen LogP contribution in [0, 0.1) is 0 Å². The molecule has 0 amide bonds. The molecule has 0 aliphatic heterocycles. The van der Waals surface area contributed by atoms with Crippen molar-refractivity contribution in [3.8, 4) is 5.75 Å². The monoisotopic (exact) mass is 428 g/mol. The molecule has 4 rings (SSSR count). The Morgan fingerprint density at radius 1 is 0.656 bits per heavy atom. The number of esters is 2. The number of carbonyl (C=O) groups is 2. The van der Waals surface area contributed by atoms with E-state index in [4.69, 9.17) is 9.47 Å². The third-order valence-electron chi connectivity index (χ3n) is 5.86. The zero-order valence-electron chi connectivity index (χ0n) is 18.2. The summed E-state index contributed by atoms with van der Waals surface area (Å²) in [5.41, 5.74) is 3.43. The number of rotatable bonds is 7. The van der Waals surface area contributed by atoms with Crippen molar-refractivity contribution in [1.29, 1.82) is 0 Å². The Morgan fingerprint density at radius 2 is 1.22 bits per heavy atom. The fraction of sp³-hybridized carbons (Fsp3) is 0.286. The molecule has 0 aromatic heterocycles. The number of carbonyl (C=O) groups excluding carboxylic acids is 2. The lowest BCUT2D eigenvalue weighted by atomic mass is 9.98. The van der Waals surface area contributed by atoms with Crippen LogP contribution in [0.15, 0.2) is 78.9 Å². The minimum atomic E-state index is -0.419. The fourth-order valence-corrected chi connectivity index (χ4v) is 3.97. The Balaban J connectivity index is 1.29. The minimum absolute atomic E-state index is 0.0180. The second-order valence-corrected chi connectivity index (χ2v) is 8.26. The van der Waals surface area contributed by atoms with E-state index in [1.165, 1.54) is 17.5 Å². The van der Waals surface area contributed by atoms with Gasteiger partial charge in [-0.05, 0) is 86.1 Å². The first-order chi connectivity index (χ1) is 15.7. The van der Waals surface area contributed by atoms with Gasteiger partial charge in [0.2, 0.25) is 0 Å². The van der Waals surface area contributed by atoms with Gasteiger partial charge in [-0.1, -0.05) is 48.9 Å². The van der Waals surface area contributed by atoms with Crippen molar-refractivity contribution >= 4 is 11.9 Å². The Bertz CT molecular complexity index is 1020. The van der Waals surface area contributed by atoms with Crippen LogP contribution in [0.25, 0.3) is 0 Å². The van der Waals surface area contributed by atoms with Gasteiger partial charge in [0.1, 0.15) is 11.9 Å². The van der Waals surface area contributed by atoms with Crippen LogP contribution in [0.4, 0.5) is 0 Å². The van der Waals surface area contributed by atoms with Crippen LogP contribution in [0.3, 0.4) is 0 Å². The first-order valence-electron chi connectivity index (χ1n) is 11.3. The zero-order chi connectivity index (χ0) is 22.2. The van der Waals surface area contributed by atoms with Gasteiger partial charge in [-0.2, -0.15) is 0 Å². The summed E-state index contributed by atoms with van der Waals surface area (Å²) in [5.74, 6) is -0.338. The third kappa shape index (κ3) is 6.07. The van der Waals surface area contributed by atoms with Crippen LogP contribution in [-0.2, 0) is 17.6 Å². The molecule has 4 heteroatoms. The van der Waals surface area contributed by atoms with E-state index in [1.54, 1.807) is 36.4 Å². The van der Waals surface area contributed by atoms with Crippen LogP contribution in [0.2, 0.25) is 0 Å². The van der Waals surface area contributed by atoms with Gasteiger partial charge in [0, 0.05) is 0 Å². The van der Waals surface area contributed by atoms with E-state index < -0.39 is 5.97 Å². The molecular formula is C28H28O4. The Morgan fingerprint density at radius 3 is 1.88 bits per heavy atom. The zero-order valence-corrected chi connectivity index (χ0v) is 18.2. The molecule has 3 aromatic carbocycles. The number of benzene rings is 3. The molecule has 1 saturated carbocycles. The van der Waals surface area contributed by atoms with Gasteiger partial charge in [0.15, 0.2) is 0 Å². The fourth-order valence-electron chi connectivity index (χ4n) is 3.97. The molecule has 0 heterocycles. The SMILES string of the molecule is O=C(Oc1ccc(C(=O)OC2CCCCC2)cc1)c1ccc(CCc2ccccc2)cc1. The lowest BCUT2D eigenvalue weighted by Gasteiger charge is -2.21. The molecule has 4 nitrogen and oxygen atoms in total. The van der Waals surface area contributed by atoms with Gasteiger partial charge in [-0.15, -0.1) is 0 Å². The summed E-state index contributed by atoms with van der Waals surface area (Å²) in [6, 6.07) is 24.4. The van der Waals surface area contributed by atoms with E-state index in [1.807, 2.05) is 30.3 Å². The van der Waals surface area contributed by atoms with Crippen molar-refractivity contribution in [2.75, 3.05) is 0 Å². The lowest BCUT2D eigenvalue weighted by Crippen LogP contribution is -2.20. The smallest absolute Gasteiger partial charge is 0.343 e. The second-order valence-electron chi connectivity index (χ2n) is 8.26. The van der Waals surface area contributed by atoms with E-state index in [2.05, 4.69) is 12.1 Å². The summed E-state index contributed by atoms with van der Waals surface area (Å²) in [7, 11) is 0. The number of aryl methyl sites for hydroxylation is 2. The first kappa shape index (κ1) is 21.8. The van der Waals surface area contributed by atoms with Gasteiger partial charge in [-0.25, -0.2) is 9.59 Å². The summed E-state index contributed by atoms with van der Waals surface area (Å²) in [6.45, 7) is 0. The predicted octanol–water partition coefficient (Wildman–Crippen LogP) is 6.18. The van der Waals surface area contributed by atoms with E-state index in [9.17, 15) is 9.59 Å². The first-order valence-corrected chi connectivity index (χ1v) is 11.3. The summed E-state index contributed by atoms with van der Waals surface area (Å²) in [4.78, 5) is 24.8. The van der Waals surface area contributed by atoms with Crippen molar-refractivity contribution in [2.24, 2.45) is 0 Å². The highest BCUT2D eigenvalue weighted by atomic mass is 16.5. The van der Waals surface area contributed by atoms with E-state index >= 15 is 0 Å². The van der Waals surface area contributed by atoms with Crippen molar-refractivity contribution < 1.29 is 19.1 Å². The summed E-state index contributed by atoms with van der Waals surface area (Å²) >= 11 is 0. The largest absolute Gasteiger partial charge is 0.459 e. The molecule has 1 fully saturated rings. The van der Waals surface area contributed by atoms with Gasteiger partial charge >= 0.3 is 11.9 Å².